The average Bonchev–Trinajstić information content (AvgIpc) is 1.96. The molecule has 0 saturated heterocycles. The van der Waals surface area contributed by atoms with Crippen LogP contribution in [0.1, 0.15) is 0 Å². The fraction of sp³-hybridized carbons (Fsp3) is 0.500. The summed E-state index contributed by atoms with van der Waals surface area (Å²) in [6, 6.07) is -1.55. The summed E-state index contributed by atoms with van der Waals surface area (Å²) in [6.07, 6.45) is -1.48. The number of imide groups is 1. The number of amides is 3. The van der Waals surface area contributed by atoms with Gasteiger partial charge in [-0.3, -0.25) is 0 Å². The van der Waals surface area contributed by atoms with Crippen molar-refractivity contribution in [3.63, 3.8) is 0 Å². The smallest absolute Gasteiger partial charge is 0.452 e. The molecule has 0 bridgehead atoms. The summed E-state index contributed by atoms with van der Waals surface area (Å²) < 4.78 is 38.6. The lowest BCUT2D eigenvalue weighted by Crippen LogP contribution is -2.37. The summed E-state index contributed by atoms with van der Waals surface area (Å²) >= 11 is -0.973. The van der Waals surface area contributed by atoms with Crippen LogP contribution < -0.4 is 5.73 Å². The number of alkyl halides is 3. The van der Waals surface area contributed by atoms with Gasteiger partial charge in [-0.05, 0) is 0 Å². The summed E-state index contributed by atoms with van der Waals surface area (Å²) in [5, 5.41) is 0. The van der Waals surface area contributed by atoms with Crippen LogP contribution in [-0.4, -0.2) is 29.0 Å². The molecule has 5 nitrogen and oxygen atoms in total. The van der Waals surface area contributed by atoms with Crippen LogP contribution in [0.4, 0.5) is 22.8 Å². The summed E-state index contributed by atoms with van der Waals surface area (Å²) in [6.45, 7) is 0. The van der Waals surface area contributed by atoms with E-state index >= 15 is 0 Å². The minimum absolute atomic E-state index is 0.333. The largest absolute Gasteiger partial charge is 0.462 e. The van der Waals surface area contributed by atoms with E-state index in [1.54, 1.807) is 0 Å². The number of hydrogen-bond acceptors (Lipinski definition) is 4. The molecule has 0 spiro atoms. The van der Waals surface area contributed by atoms with E-state index in [0.29, 0.717) is 0 Å². The number of nitrogens with zero attached hydrogens (tertiary/aromatic N) is 1. The second kappa shape index (κ2) is 4.21. The van der Waals surface area contributed by atoms with E-state index in [-0.39, 0.29) is 4.31 Å². The number of hydrogen-bond donors (Lipinski definition) is 1. The molecule has 0 aromatic carbocycles. The first kappa shape index (κ1) is 11.9. The summed E-state index contributed by atoms with van der Waals surface area (Å²) in [5.41, 5.74) is -0.289. The number of nitrogens with two attached hydrogens (primary N) is 1. The molecule has 0 atom stereocenters. The molecule has 2 N–H and O–H groups in total. The molecule has 0 aliphatic rings. The second-order valence-corrected chi connectivity index (χ2v) is 2.65. The highest BCUT2D eigenvalue weighted by atomic mass is 32.2. The fourth-order valence-corrected chi connectivity index (χ4v) is 0.805. The zero-order valence-corrected chi connectivity index (χ0v) is 7.11. The molecule has 0 unspecified atom stereocenters. The molecule has 0 saturated carbocycles. The molecule has 0 aliphatic heterocycles. The van der Waals surface area contributed by atoms with Crippen LogP contribution >= 0.6 is 11.9 Å². The van der Waals surface area contributed by atoms with E-state index in [1.807, 2.05) is 0 Å². The van der Waals surface area contributed by atoms with Gasteiger partial charge in [-0.25, -0.2) is 9.59 Å². The van der Waals surface area contributed by atoms with Gasteiger partial charge < -0.3 is 10.5 Å². The standard InChI is InChI=1S/C4H5F3N2O3S/c1-12-3(11)9(2(8)10)13-4(5,6)7/h1H3,(H2,8,10). The summed E-state index contributed by atoms with van der Waals surface area (Å²) in [5.74, 6) is 0. The Balaban J connectivity index is 4.45. The molecule has 13 heavy (non-hydrogen) atoms. The maximum atomic E-state index is 11.7. The first-order valence-corrected chi connectivity index (χ1v) is 3.48. The second-order valence-electron chi connectivity index (χ2n) is 1.64. The van der Waals surface area contributed by atoms with Crippen LogP contribution in [-0.2, 0) is 4.74 Å². The Morgan fingerprint density at radius 3 is 2.15 bits per heavy atom. The van der Waals surface area contributed by atoms with E-state index in [4.69, 9.17) is 0 Å². The van der Waals surface area contributed by atoms with Crippen molar-refractivity contribution >= 4 is 24.1 Å². The molecular formula is C4H5F3N2O3S. The van der Waals surface area contributed by atoms with Gasteiger partial charge in [-0.15, -0.1) is 0 Å². The first-order valence-electron chi connectivity index (χ1n) is 2.71. The molecule has 0 heterocycles. The fourth-order valence-electron chi connectivity index (χ4n) is 0.359. The highest BCUT2D eigenvalue weighted by Crippen LogP contribution is 2.33. The van der Waals surface area contributed by atoms with Gasteiger partial charge >= 0.3 is 17.6 Å². The monoisotopic (exact) mass is 218 g/mol. The number of methoxy groups -OCH3 is 1. The Labute approximate surface area is 75.1 Å². The number of primary amides is 1. The van der Waals surface area contributed by atoms with Crippen LogP contribution in [0.5, 0.6) is 0 Å². The number of halogens is 3. The van der Waals surface area contributed by atoms with Gasteiger partial charge in [-0.2, -0.15) is 17.5 Å². The third-order valence-corrected chi connectivity index (χ3v) is 1.45. The van der Waals surface area contributed by atoms with Crippen molar-refractivity contribution in [2.45, 2.75) is 5.51 Å². The SMILES string of the molecule is COC(=O)N(SC(F)(F)F)C(N)=O. The minimum Gasteiger partial charge on any atom is -0.452 e. The number of ether oxygens (including phenoxy) is 1. The summed E-state index contributed by atoms with van der Waals surface area (Å²) in [4.78, 5) is 20.8. The van der Waals surface area contributed by atoms with Gasteiger partial charge in [0.2, 0.25) is 0 Å². The molecule has 9 heteroatoms. The van der Waals surface area contributed by atoms with Gasteiger partial charge in [0.1, 0.15) is 0 Å². The molecule has 0 aliphatic carbocycles. The molecular weight excluding hydrogens is 213 g/mol. The Hall–Kier alpha value is -1.12. The van der Waals surface area contributed by atoms with Crippen LogP contribution in [0, 0.1) is 0 Å². The van der Waals surface area contributed by atoms with Crippen molar-refractivity contribution in [1.29, 1.82) is 0 Å². The molecule has 0 fully saturated rings. The van der Waals surface area contributed by atoms with Crippen molar-refractivity contribution in [1.82, 2.24) is 4.31 Å². The topological polar surface area (TPSA) is 72.6 Å². The molecule has 76 valence electrons. The van der Waals surface area contributed by atoms with E-state index in [1.165, 1.54) is 0 Å². The van der Waals surface area contributed by atoms with Crippen LogP contribution in [0.3, 0.4) is 0 Å². The average molecular weight is 218 g/mol. The highest BCUT2D eigenvalue weighted by Gasteiger charge is 2.38. The number of rotatable bonds is 1. The minimum atomic E-state index is -4.77. The van der Waals surface area contributed by atoms with Crippen LogP contribution in [0.15, 0.2) is 0 Å². The van der Waals surface area contributed by atoms with Crippen molar-refractivity contribution in [2.24, 2.45) is 5.73 Å². The third-order valence-electron chi connectivity index (χ3n) is 0.735. The number of urea groups is 1. The lowest BCUT2D eigenvalue weighted by molar-refractivity contribution is -0.0354. The molecule has 0 radical (unpaired) electrons. The summed E-state index contributed by atoms with van der Waals surface area (Å²) in [7, 11) is 0.829. The Kier molecular flexibility index (Phi) is 3.85. The van der Waals surface area contributed by atoms with Crippen LogP contribution in [0.2, 0.25) is 0 Å². The lowest BCUT2D eigenvalue weighted by Gasteiger charge is -2.16. The maximum Gasteiger partial charge on any atom is 0.462 e. The van der Waals surface area contributed by atoms with Crippen molar-refractivity contribution < 1.29 is 27.5 Å². The van der Waals surface area contributed by atoms with Crippen molar-refractivity contribution in [2.75, 3.05) is 7.11 Å². The predicted octanol–water partition coefficient (Wildman–Crippen LogP) is 1.30. The van der Waals surface area contributed by atoms with E-state index in [9.17, 15) is 22.8 Å². The normalized spacial score (nSPS) is 10.8. The maximum absolute atomic E-state index is 11.7. The van der Waals surface area contributed by atoms with Gasteiger partial charge in [-0.1, -0.05) is 0 Å². The van der Waals surface area contributed by atoms with E-state index in [2.05, 4.69) is 10.5 Å². The molecule has 0 aromatic heterocycles. The van der Waals surface area contributed by atoms with Gasteiger partial charge in [0, 0.05) is 0 Å². The Morgan fingerprint density at radius 1 is 1.46 bits per heavy atom. The molecule has 0 rings (SSSR count). The Morgan fingerprint density at radius 2 is 1.92 bits per heavy atom. The zero-order chi connectivity index (χ0) is 10.6. The number of carbonyl (C=O) groups excluding carboxylic acids is 2. The van der Waals surface area contributed by atoms with Crippen molar-refractivity contribution in [3.05, 3.63) is 0 Å². The quantitative estimate of drug-likeness (QED) is 0.673. The van der Waals surface area contributed by atoms with E-state index < -0.39 is 29.6 Å². The lowest BCUT2D eigenvalue weighted by atomic mass is 11.0. The van der Waals surface area contributed by atoms with Gasteiger partial charge in [0.05, 0.1) is 19.1 Å². The van der Waals surface area contributed by atoms with E-state index in [0.717, 1.165) is 7.11 Å². The first-order chi connectivity index (χ1) is 5.78. The van der Waals surface area contributed by atoms with Crippen LogP contribution in [0.25, 0.3) is 0 Å². The zero-order valence-electron chi connectivity index (χ0n) is 6.29. The molecule has 3 amide bonds. The van der Waals surface area contributed by atoms with Gasteiger partial charge in [0.15, 0.2) is 0 Å². The van der Waals surface area contributed by atoms with Crippen molar-refractivity contribution in [3.8, 4) is 0 Å². The third kappa shape index (κ3) is 4.45. The Bertz CT molecular complexity index is 219. The number of carbonyl (C=O) groups is 2. The molecule has 0 aromatic rings. The van der Waals surface area contributed by atoms with Gasteiger partial charge in [0.25, 0.3) is 0 Å². The highest BCUT2D eigenvalue weighted by molar-refractivity contribution is 7.98. The predicted molar refractivity (Wildman–Crippen MR) is 37.5 cm³/mol.